The molecule has 0 aliphatic carbocycles. The van der Waals surface area contributed by atoms with Crippen molar-refractivity contribution in [3.05, 3.63) is 89.5 Å². The van der Waals surface area contributed by atoms with E-state index in [0.717, 1.165) is 12.1 Å². The van der Waals surface area contributed by atoms with Gasteiger partial charge in [0.25, 0.3) is 0 Å². The summed E-state index contributed by atoms with van der Waals surface area (Å²) in [6, 6.07) is 15.0. The number of sulfonamides is 1. The van der Waals surface area contributed by atoms with Gasteiger partial charge in [0, 0.05) is 11.8 Å². The highest BCUT2D eigenvalue weighted by molar-refractivity contribution is 7.89. The van der Waals surface area contributed by atoms with Crippen molar-refractivity contribution in [3.63, 3.8) is 0 Å². The number of nitrogens with one attached hydrogen (secondary N) is 2. The summed E-state index contributed by atoms with van der Waals surface area (Å²) in [5.41, 5.74) is 1.35. The van der Waals surface area contributed by atoms with Crippen molar-refractivity contribution >= 4 is 21.6 Å². The topological polar surface area (TPSA) is 84.5 Å². The minimum atomic E-state index is -4.09. The van der Waals surface area contributed by atoms with Crippen molar-refractivity contribution in [1.82, 2.24) is 4.72 Å². The summed E-state index contributed by atoms with van der Waals surface area (Å²) in [6.45, 7) is 3.99. The van der Waals surface area contributed by atoms with Gasteiger partial charge < -0.3 is 10.1 Å². The third kappa shape index (κ3) is 6.36. The van der Waals surface area contributed by atoms with E-state index in [1.165, 1.54) is 18.2 Å². The molecule has 1 atom stereocenters. The second-order valence-corrected chi connectivity index (χ2v) is 9.06. The highest BCUT2D eigenvalue weighted by atomic mass is 32.2. The van der Waals surface area contributed by atoms with Crippen molar-refractivity contribution in [2.24, 2.45) is 0 Å². The lowest BCUT2D eigenvalue weighted by atomic mass is 10.1. The summed E-state index contributed by atoms with van der Waals surface area (Å²) in [7, 11) is -4.09. The van der Waals surface area contributed by atoms with Crippen LogP contribution in [0.2, 0.25) is 0 Å². The number of ether oxygens (including phenoxy) is 1. The zero-order valence-corrected chi connectivity index (χ0v) is 19.0. The van der Waals surface area contributed by atoms with Crippen LogP contribution < -0.4 is 14.8 Å². The van der Waals surface area contributed by atoms with Crippen molar-refractivity contribution in [2.75, 3.05) is 11.9 Å². The molecule has 0 saturated carbocycles. The fraction of sp³-hybridized carbons (Fsp3) is 0.208. The molecule has 0 bridgehead atoms. The number of halogens is 2. The first-order chi connectivity index (χ1) is 15.7. The van der Waals surface area contributed by atoms with Crippen LogP contribution >= 0.6 is 0 Å². The van der Waals surface area contributed by atoms with Gasteiger partial charge in [-0.05, 0) is 61.7 Å². The van der Waals surface area contributed by atoms with Gasteiger partial charge in [0.1, 0.15) is 11.8 Å². The van der Waals surface area contributed by atoms with E-state index in [9.17, 15) is 22.0 Å². The summed E-state index contributed by atoms with van der Waals surface area (Å²) in [6.07, 6.45) is 0.0472. The first kappa shape index (κ1) is 24.3. The van der Waals surface area contributed by atoms with Crippen molar-refractivity contribution < 1.29 is 26.7 Å². The zero-order chi connectivity index (χ0) is 24.0. The molecule has 0 heterocycles. The zero-order valence-electron chi connectivity index (χ0n) is 18.1. The lowest BCUT2D eigenvalue weighted by Gasteiger charge is -2.19. The standard InChI is InChI=1S/C24H24F2N2O4S/c1-3-32-23-12-10-19(13-16(23)2)33(30,31)28-22(14-17-7-5-4-6-8-17)24(29)27-18-9-11-20(25)21(26)15-18/h4-13,15,22,28H,3,14H2,1-2H3,(H,27,29). The monoisotopic (exact) mass is 474 g/mol. The molecule has 174 valence electrons. The van der Waals surface area contributed by atoms with Gasteiger partial charge in [-0.1, -0.05) is 30.3 Å². The molecule has 33 heavy (non-hydrogen) atoms. The average molecular weight is 475 g/mol. The molecule has 0 saturated heterocycles. The van der Waals surface area contributed by atoms with Gasteiger partial charge in [0.2, 0.25) is 15.9 Å². The van der Waals surface area contributed by atoms with Gasteiger partial charge in [0.15, 0.2) is 11.6 Å². The quantitative estimate of drug-likeness (QED) is 0.487. The van der Waals surface area contributed by atoms with Crippen LogP contribution in [0.4, 0.5) is 14.5 Å². The Balaban J connectivity index is 1.87. The summed E-state index contributed by atoms with van der Waals surface area (Å²) in [5.74, 6) is -2.33. The van der Waals surface area contributed by atoms with Gasteiger partial charge >= 0.3 is 0 Å². The smallest absolute Gasteiger partial charge is 0.242 e. The van der Waals surface area contributed by atoms with E-state index in [1.807, 2.05) is 6.92 Å². The van der Waals surface area contributed by atoms with Crippen LogP contribution in [-0.2, 0) is 21.2 Å². The van der Waals surface area contributed by atoms with Crippen molar-refractivity contribution in [2.45, 2.75) is 31.2 Å². The summed E-state index contributed by atoms with van der Waals surface area (Å²) in [5, 5.41) is 2.45. The van der Waals surface area contributed by atoms with Crippen LogP contribution in [0.3, 0.4) is 0 Å². The Morgan fingerprint density at radius 2 is 1.73 bits per heavy atom. The van der Waals surface area contributed by atoms with E-state index in [4.69, 9.17) is 4.74 Å². The first-order valence-electron chi connectivity index (χ1n) is 10.2. The van der Waals surface area contributed by atoms with Gasteiger partial charge in [0.05, 0.1) is 11.5 Å². The van der Waals surface area contributed by atoms with Crippen molar-refractivity contribution in [3.8, 4) is 5.75 Å². The fourth-order valence-electron chi connectivity index (χ4n) is 3.20. The largest absolute Gasteiger partial charge is 0.494 e. The summed E-state index contributed by atoms with van der Waals surface area (Å²) in [4.78, 5) is 12.9. The van der Waals surface area contributed by atoms with E-state index in [1.54, 1.807) is 43.3 Å². The number of hydrogen-bond acceptors (Lipinski definition) is 4. The van der Waals surface area contributed by atoms with Gasteiger partial charge in [-0.3, -0.25) is 4.79 Å². The minimum absolute atomic E-state index is 0.00747. The molecule has 2 N–H and O–H groups in total. The molecule has 0 spiro atoms. The molecule has 1 unspecified atom stereocenters. The number of aryl methyl sites for hydroxylation is 1. The molecule has 6 nitrogen and oxygen atoms in total. The maximum atomic E-state index is 13.5. The Bertz CT molecular complexity index is 1230. The van der Waals surface area contributed by atoms with Crippen LogP contribution in [0.1, 0.15) is 18.1 Å². The van der Waals surface area contributed by atoms with Crippen molar-refractivity contribution in [1.29, 1.82) is 0 Å². The van der Waals surface area contributed by atoms with E-state index in [2.05, 4.69) is 10.0 Å². The van der Waals surface area contributed by atoms with E-state index >= 15 is 0 Å². The summed E-state index contributed by atoms with van der Waals surface area (Å²) < 4.78 is 60.8. The van der Waals surface area contributed by atoms with Gasteiger partial charge in [-0.25, -0.2) is 17.2 Å². The fourth-order valence-corrected chi connectivity index (χ4v) is 4.48. The maximum absolute atomic E-state index is 13.5. The second-order valence-electron chi connectivity index (χ2n) is 7.34. The Hall–Kier alpha value is -3.30. The Kier molecular flexibility index (Phi) is 7.78. The number of anilines is 1. The highest BCUT2D eigenvalue weighted by Crippen LogP contribution is 2.22. The number of carbonyl (C=O) groups is 1. The molecule has 3 aromatic carbocycles. The molecule has 3 rings (SSSR count). The predicted molar refractivity (Wildman–Crippen MR) is 122 cm³/mol. The Morgan fingerprint density at radius 3 is 2.36 bits per heavy atom. The lowest BCUT2D eigenvalue weighted by Crippen LogP contribution is -2.45. The molecule has 0 aliphatic rings. The molecule has 0 radical (unpaired) electrons. The molecule has 9 heteroatoms. The van der Waals surface area contributed by atoms with Crippen LogP contribution in [0.5, 0.6) is 5.75 Å². The normalized spacial score (nSPS) is 12.2. The second kappa shape index (κ2) is 10.5. The molecule has 3 aromatic rings. The van der Waals surface area contributed by atoms with Crippen LogP contribution in [0.25, 0.3) is 0 Å². The van der Waals surface area contributed by atoms with E-state index < -0.39 is 33.6 Å². The molecule has 0 aliphatic heterocycles. The third-order valence-electron chi connectivity index (χ3n) is 4.84. The van der Waals surface area contributed by atoms with Crippen LogP contribution in [-0.4, -0.2) is 27.0 Å². The Labute approximate surface area is 191 Å². The Morgan fingerprint density at radius 1 is 1.00 bits per heavy atom. The molecule has 0 fully saturated rings. The van der Waals surface area contributed by atoms with Crippen LogP contribution in [0.15, 0.2) is 71.6 Å². The highest BCUT2D eigenvalue weighted by Gasteiger charge is 2.27. The number of benzene rings is 3. The third-order valence-corrected chi connectivity index (χ3v) is 6.31. The van der Waals surface area contributed by atoms with Crippen LogP contribution in [0, 0.1) is 18.6 Å². The number of carbonyl (C=O) groups excluding carboxylic acids is 1. The average Bonchev–Trinajstić information content (AvgIpc) is 2.78. The molecule has 1 amide bonds. The van der Waals surface area contributed by atoms with Gasteiger partial charge in [-0.15, -0.1) is 0 Å². The number of hydrogen-bond donors (Lipinski definition) is 2. The molecular formula is C24H24F2N2O4S. The number of amides is 1. The number of rotatable bonds is 9. The minimum Gasteiger partial charge on any atom is -0.494 e. The first-order valence-corrected chi connectivity index (χ1v) is 11.7. The molecular weight excluding hydrogens is 450 g/mol. The van der Waals surface area contributed by atoms with Gasteiger partial charge in [-0.2, -0.15) is 4.72 Å². The maximum Gasteiger partial charge on any atom is 0.242 e. The lowest BCUT2D eigenvalue weighted by molar-refractivity contribution is -0.117. The predicted octanol–water partition coefficient (Wildman–Crippen LogP) is 4.20. The summed E-state index contributed by atoms with van der Waals surface area (Å²) >= 11 is 0. The van der Waals surface area contributed by atoms with E-state index in [0.29, 0.717) is 23.5 Å². The van der Waals surface area contributed by atoms with E-state index in [-0.39, 0.29) is 17.0 Å². The SMILES string of the molecule is CCOc1ccc(S(=O)(=O)NC(Cc2ccccc2)C(=O)Nc2ccc(F)c(F)c2)cc1C. The molecule has 0 aromatic heterocycles.